The first-order valence-corrected chi connectivity index (χ1v) is 8.54. The van der Waals surface area contributed by atoms with Gasteiger partial charge >= 0.3 is 11.9 Å². The fourth-order valence-electron chi connectivity index (χ4n) is 2.65. The molecule has 0 aliphatic rings. The van der Waals surface area contributed by atoms with Crippen molar-refractivity contribution in [2.75, 3.05) is 13.2 Å². The molecule has 2 rings (SSSR count). The number of carbonyl (C=O) groups is 2. The number of benzene rings is 1. The third-order valence-electron chi connectivity index (χ3n) is 3.73. The SMILES string of the molecule is CC(C)(C)OC(=O)C(N)COCCc1[nH]c2ccccc2c1CC(=O)O. The van der Waals surface area contributed by atoms with Crippen molar-refractivity contribution in [3.8, 4) is 0 Å². The van der Waals surface area contributed by atoms with Crippen LogP contribution < -0.4 is 5.73 Å². The zero-order valence-corrected chi connectivity index (χ0v) is 15.4. The smallest absolute Gasteiger partial charge is 0.325 e. The lowest BCUT2D eigenvalue weighted by molar-refractivity contribution is -0.158. The van der Waals surface area contributed by atoms with Crippen LogP contribution in [0.25, 0.3) is 10.9 Å². The van der Waals surface area contributed by atoms with E-state index in [-0.39, 0.29) is 13.0 Å². The second kappa shape index (κ2) is 8.33. The number of aromatic amines is 1. The molecule has 1 atom stereocenters. The average Bonchev–Trinajstić information content (AvgIpc) is 2.87. The second-order valence-corrected chi connectivity index (χ2v) is 7.16. The van der Waals surface area contributed by atoms with Crippen LogP contribution in [0.15, 0.2) is 24.3 Å². The van der Waals surface area contributed by atoms with E-state index in [9.17, 15) is 9.59 Å². The zero-order valence-electron chi connectivity index (χ0n) is 15.4. The molecule has 0 aliphatic heterocycles. The van der Waals surface area contributed by atoms with Gasteiger partial charge in [0.15, 0.2) is 0 Å². The monoisotopic (exact) mass is 362 g/mol. The predicted octanol–water partition coefficient (Wildman–Crippen LogP) is 2.02. The molecule has 0 amide bonds. The Kier molecular flexibility index (Phi) is 6.39. The summed E-state index contributed by atoms with van der Waals surface area (Å²) in [5, 5.41) is 10.1. The fourth-order valence-corrected chi connectivity index (χ4v) is 2.65. The van der Waals surface area contributed by atoms with Crippen LogP contribution in [-0.4, -0.2) is 46.9 Å². The number of aliphatic carboxylic acids is 1. The highest BCUT2D eigenvalue weighted by molar-refractivity contribution is 5.88. The van der Waals surface area contributed by atoms with Crippen LogP contribution in [0.5, 0.6) is 0 Å². The normalized spacial score (nSPS) is 12.9. The largest absolute Gasteiger partial charge is 0.481 e. The molecule has 1 aromatic carbocycles. The molecule has 0 radical (unpaired) electrons. The van der Waals surface area contributed by atoms with Crippen molar-refractivity contribution in [3.05, 3.63) is 35.5 Å². The van der Waals surface area contributed by atoms with Gasteiger partial charge in [0.1, 0.15) is 11.6 Å². The van der Waals surface area contributed by atoms with Gasteiger partial charge < -0.3 is 25.3 Å². The lowest BCUT2D eigenvalue weighted by Gasteiger charge is -2.22. The molecule has 142 valence electrons. The summed E-state index contributed by atoms with van der Waals surface area (Å²) in [6, 6.07) is 6.72. The molecular weight excluding hydrogens is 336 g/mol. The number of rotatable bonds is 8. The van der Waals surface area contributed by atoms with Crippen molar-refractivity contribution >= 4 is 22.8 Å². The van der Waals surface area contributed by atoms with E-state index >= 15 is 0 Å². The van der Waals surface area contributed by atoms with Crippen LogP contribution in [0.3, 0.4) is 0 Å². The molecular formula is C19H26N2O5. The van der Waals surface area contributed by atoms with Crippen molar-refractivity contribution in [2.45, 2.75) is 45.3 Å². The number of carboxylic acid groups (broad SMARTS) is 1. The van der Waals surface area contributed by atoms with Gasteiger partial charge in [-0.05, 0) is 32.4 Å². The first-order valence-electron chi connectivity index (χ1n) is 8.54. The Morgan fingerprint density at radius 1 is 1.27 bits per heavy atom. The number of esters is 1. The lowest BCUT2D eigenvalue weighted by atomic mass is 10.1. The highest BCUT2D eigenvalue weighted by Crippen LogP contribution is 2.23. The number of para-hydroxylation sites is 1. The van der Waals surface area contributed by atoms with Gasteiger partial charge in [-0.1, -0.05) is 18.2 Å². The number of nitrogens with two attached hydrogens (primary N) is 1. The summed E-state index contributed by atoms with van der Waals surface area (Å²) in [6.45, 7) is 5.69. The molecule has 4 N–H and O–H groups in total. The van der Waals surface area contributed by atoms with Crippen molar-refractivity contribution < 1.29 is 24.2 Å². The Morgan fingerprint density at radius 3 is 2.62 bits per heavy atom. The highest BCUT2D eigenvalue weighted by Gasteiger charge is 2.22. The van der Waals surface area contributed by atoms with Gasteiger partial charge in [-0.3, -0.25) is 9.59 Å². The predicted molar refractivity (Wildman–Crippen MR) is 98.0 cm³/mol. The van der Waals surface area contributed by atoms with Crippen molar-refractivity contribution in [1.29, 1.82) is 0 Å². The maximum absolute atomic E-state index is 11.8. The van der Waals surface area contributed by atoms with Crippen molar-refractivity contribution in [3.63, 3.8) is 0 Å². The molecule has 1 heterocycles. The van der Waals surface area contributed by atoms with E-state index in [0.717, 1.165) is 22.2 Å². The van der Waals surface area contributed by atoms with Crippen molar-refractivity contribution in [2.24, 2.45) is 5.73 Å². The molecule has 0 spiro atoms. The number of hydrogen-bond acceptors (Lipinski definition) is 5. The van der Waals surface area contributed by atoms with Gasteiger partial charge in [-0.25, -0.2) is 0 Å². The van der Waals surface area contributed by atoms with E-state index in [4.69, 9.17) is 20.3 Å². The first-order chi connectivity index (χ1) is 12.2. The Bertz CT molecular complexity index is 776. The number of nitrogens with one attached hydrogen (secondary N) is 1. The van der Waals surface area contributed by atoms with E-state index < -0.39 is 23.6 Å². The molecule has 7 heteroatoms. The molecule has 2 aromatic rings. The summed E-state index contributed by atoms with van der Waals surface area (Å²) in [5.74, 6) is -1.39. The maximum Gasteiger partial charge on any atom is 0.325 e. The Morgan fingerprint density at radius 2 is 1.96 bits per heavy atom. The number of hydrogen-bond donors (Lipinski definition) is 3. The molecule has 0 saturated heterocycles. The van der Waals surface area contributed by atoms with Gasteiger partial charge in [0, 0.05) is 23.0 Å². The number of H-pyrrole nitrogens is 1. The van der Waals surface area contributed by atoms with Crippen LogP contribution in [0, 0.1) is 0 Å². The summed E-state index contributed by atoms with van der Waals surface area (Å²) < 4.78 is 10.7. The summed E-state index contributed by atoms with van der Waals surface area (Å²) in [7, 11) is 0. The molecule has 0 saturated carbocycles. The van der Waals surface area contributed by atoms with Gasteiger partial charge in [-0.2, -0.15) is 0 Å². The molecule has 26 heavy (non-hydrogen) atoms. The fraction of sp³-hybridized carbons (Fsp3) is 0.474. The van der Waals surface area contributed by atoms with Crippen LogP contribution in [0.4, 0.5) is 0 Å². The van der Waals surface area contributed by atoms with Crippen molar-refractivity contribution in [1.82, 2.24) is 4.98 Å². The number of ether oxygens (including phenoxy) is 2. The molecule has 0 fully saturated rings. The average molecular weight is 362 g/mol. The summed E-state index contributed by atoms with van der Waals surface area (Å²) in [4.78, 5) is 26.2. The van der Waals surface area contributed by atoms with Crippen LogP contribution >= 0.6 is 0 Å². The third kappa shape index (κ3) is 5.57. The molecule has 1 unspecified atom stereocenters. The Hall–Kier alpha value is -2.38. The quantitative estimate of drug-likeness (QED) is 0.489. The Balaban J connectivity index is 1.93. The van der Waals surface area contributed by atoms with Gasteiger partial charge in [0.25, 0.3) is 0 Å². The minimum absolute atomic E-state index is 0.0450. The number of carboxylic acids is 1. The maximum atomic E-state index is 11.8. The van der Waals surface area contributed by atoms with E-state index in [1.807, 2.05) is 24.3 Å². The van der Waals surface area contributed by atoms with Gasteiger partial charge in [0.2, 0.25) is 0 Å². The number of fused-ring (bicyclic) bond motifs is 1. The van der Waals surface area contributed by atoms with E-state index in [2.05, 4.69) is 4.98 Å². The van der Waals surface area contributed by atoms with E-state index in [1.54, 1.807) is 20.8 Å². The van der Waals surface area contributed by atoms with Crippen LogP contribution in [-0.2, 0) is 31.9 Å². The van der Waals surface area contributed by atoms with Gasteiger partial charge in [-0.15, -0.1) is 0 Å². The molecule has 0 aliphatic carbocycles. The lowest BCUT2D eigenvalue weighted by Crippen LogP contribution is -2.40. The van der Waals surface area contributed by atoms with E-state index in [1.165, 1.54) is 0 Å². The summed E-state index contributed by atoms with van der Waals surface area (Å²) in [5.41, 5.74) is 7.65. The highest BCUT2D eigenvalue weighted by atomic mass is 16.6. The second-order valence-electron chi connectivity index (χ2n) is 7.16. The minimum Gasteiger partial charge on any atom is -0.481 e. The standard InChI is InChI=1S/C19H26N2O5/c1-19(2,3)26-18(24)14(20)11-25-9-8-16-13(10-17(22)23)12-6-4-5-7-15(12)21-16/h4-7,14,21H,8-11,20H2,1-3H3,(H,22,23). The first kappa shape index (κ1) is 19.9. The summed E-state index contributed by atoms with van der Waals surface area (Å²) >= 11 is 0. The Labute approximate surface area is 152 Å². The minimum atomic E-state index is -0.885. The number of aromatic nitrogens is 1. The van der Waals surface area contributed by atoms with Crippen LogP contribution in [0.2, 0.25) is 0 Å². The van der Waals surface area contributed by atoms with E-state index in [0.29, 0.717) is 13.0 Å². The zero-order chi connectivity index (χ0) is 19.3. The molecule has 7 nitrogen and oxygen atoms in total. The number of carbonyl (C=O) groups excluding carboxylic acids is 1. The molecule has 1 aromatic heterocycles. The molecule has 0 bridgehead atoms. The third-order valence-corrected chi connectivity index (χ3v) is 3.73. The summed E-state index contributed by atoms with van der Waals surface area (Å²) in [6.07, 6.45) is 0.440. The topological polar surface area (TPSA) is 115 Å². The van der Waals surface area contributed by atoms with Gasteiger partial charge in [0.05, 0.1) is 19.6 Å². The van der Waals surface area contributed by atoms with Crippen LogP contribution in [0.1, 0.15) is 32.0 Å².